The van der Waals surface area contributed by atoms with Crippen LogP contribution in [0.25, 0.3) is 12.2 Å². The van der Waals surface area contributed by atoms with Crippen molar-refractivity contribution < 1.29 is 19.7 Å². The number of allylic oxidation sites excluding steroid dienone is 1. The van der Waals surface area contributed by atoms with Gasteiger partial charge in [-0.15, -0.1) is 0 Å². The fourth-order valence-corrected chi connectivity index (χ4v) is 2.53. The largest absolute Gasteiger partial charge is 0.504 e. The lowest BCUT2D eigenvalue weighted by Crippen LogP contribution is -2.02. The van der Waals surface area contributed by atoms with E-state index >= 15 is 0 Å². The van der Waals surface area contributed by atoms with Crippen LogP contribution in [0.5, 0.6) is 11.5 Å². The number of hydrogen-bond acceptors (Lipinski definition) is 4. The molecule has 0 aromatic heterocycles. The Morgan fingerprint density at radius 2 is 1.63 bits per heavy atom. The number of unbranched alkanes of at least 4 members (excludes halogenated alkanes) is 4. The van der Waals surface area contributed by atoms with Crippen molar-refractivity contribution in [1.29, 1.82) is 0 Å². The third-order valence-electron chi connectivity index (χ3n) is 4.03. The molecule has 0 bridgehead atoms. The summed E-state index contributed by atoms with van der Waals surface area (Å²) in [4.78, 5) is 11.6. The van der Waals surface area contributed by atoms with Gasteiger partial charge in [-0.3, -0.25) is 0 Å². The molecule has 0 amide bonds. The van der Waals surface area contributed by atoms with Gasteiger partial charge in [0, 0.05) is 6.08 Å². The number of phenolic OH excluding ortho intramolecular Hbond substituents is 2. The van der Waals surface area contributed by atoms with Crippen LogP contribution >= 0.6 is 0 Å². The second kappa shape index (κ2) is 11.6. The van der Waals surface area contributed by atoms with E-state index in [0.29, 0.717) is 12.2 Å². The number of carbonyl (C=O) groups is 1. The highest BCUT2D eigenvalue weighted by molar-refractivity contribution is 5.87. The van der Waals surface area contributed by atoms with Crippen molar-refractivity contribution in [3.8, 4) is 11.5 Å². The molecular formula is C23H26O4. The van der Waals surface area contributed by atoms with E-state index in [1.54, 1.807) is 12.1 Å². The third-order valence-corrected chi connectivity index (χ3v) is 4.03. The number of phenols is 2. The fourth-order valence-electron chi connectivity index (χ4n) is 2.53. The van der Waals surface area contributed by atoms with Crippen LogP contribution in [0.2, 0.25) is 0 Å². The number of ether oxygens (including phenoxy) is 1. The van der Waals surface area contributed by atoms with Crippen LogP contribution in [0.1, 0.15) is 43.2 Å². The normalized spacial score (nSPS) is 11.3. The average molecular weight is 366 g/mol. The molecule has 0 saturated heterocycles. The smallest absolute Gasteiger partial charge is 0.330 e. The van der Waals surface area contributed by atoms with Crippen LogP contribution in [0.15, 0.2) is 60.7 Å². The topological polar surface area (TPSA) is 66.8 Å². The van der Waals surface area contributed by atoms with Crippen molar-refractivity contribution in [3.63, 3.8) is 0 Å². The first-order valence-electron chi connectivity index (χ1n) is 9.23. The Morgan fingerprint density at radius 3 is 2.41 bits per heavy atom. The quantitative estimate of drug-likeness (QED) is 0.258. The van der Waals surface area contributed by atoms with E-state index in [9.17, 15) is 15.0 Å². The zero-order valence-corrected chi connectivity index (χ0v) is 15.4. The highest BCUT2D eigenvalue weighted by atomic mass is 16.5. The Kier molecular flexibility index (Phi) is 8.70. The molecule has 27 heavy (non-hydrogen) atoms. The van der Waals surface area contributed by atoms with Crippen LogP contribution in [-0.4, -0.2) is 22.8 Å². The number of aromatic hydroxyl groups is 2. The van der Waals surface area contributed by atoms with Crippen molar-refractivity contribution in [3.05, 3.63) is 71.8 Å². The molecule has 2 N–H and O–H groups in total. The van der Waals surface area contributed by atoms with E-state index in [1.807, 2.05) is 18.2 Å². The van der Waals surface area contributed by atoms with Gasteiger partial charge in [-0.25, -0.2) is 4.79 Å². The monoisotopic (exact) mass is 366 g/mol. The lowest BCUT2D eigenvalue weighted by atomic mass is 10.1. The molecule has 0 atom stereocenters. The fraction of sp³-hybridized carbons (Fsp3) is 0.261. The van der Waals surface area contributed by atoms with Crippen molar-refractivity contribution in [2.24, 2.45) is 0 Å². The summed E-state index contributed by atoms with van der Waals surface area (Å²) in [7, 11) is 0. The first-order chi connectivity index (χ1) is 13.1. The molecule has 4 nitrogen and oxygen atoms in total. The summed E-state index contributed by atoms with van der Waals surface area (Å²) < 4.78 is 5.15. The second-order valence-electron chi connectivity index (χ2n) is 6.26. The summed E-state index contributed by atoms with van der Waals surface area (Å²) in [6, 6.07) is 14.6. The van der Waals surface area contributed by atoms with E-state index in [1.165, 1.54) is 23.8 Å². The van der Waals surface area contributed by atoms with Gasteiger partial charge >= 0.3 is 5.97 Å². The Balaban J connectivity index is 1.52. The predicted molar refractivity (Wildman–Crippen MR) is 108 cm³/mol. The molecule has 2 aromatic carbocycles. The number of hydrogen-bond donors (Lipinski definition) is 2. The summed E-state index contributed by atoms with van der Waals surface area (Å²) in [5.41, 5.74) is 1.84. The predicted octanol–water partition coefficient (Wildman–Crippen LogP) is 5.32. The average Bonchev–Trinajstić information content (AvgIpc) is 2.68. The van der Waals surface area contributed by atoms with Crippen LogP contribution < -0.4 is 0 Å². The third kappa shape index (κ3) is 8.27. The van der Waals surface area contributed by atoms with Crippen LogP contribution in [0.4, 0.5) is 0 Å². The molecule has 0 aliphatic carbocycles. The maximum atomic E-state index is 11.6. The summed E-state index contributed by atoms with van der Waals surface area (Å²) >= 11 is 0. The van der Waals surface area contributed by atoms with Crippen LogP contribution in [0, 0.1) is 0 Å². The number of esters is 1. The SMILES string of the molecule is O=C(/C=C/c1ccc(O)c(O)c1)OCCCCCC/C=C/c1ccccc1. The first-order valence-corrected chi connectivity index (χ1v) is 9.23. The van der Waals surface area contributed by atoms with E-state index in [-0.39, 0.29) is 11.5 Å². The second-order valence-corrected chi connectivity index (χ2v) is 6.26. The van der Waals surface area contributed by atoms with E-state index in [0.717, 1.165) is 32.1 Å². The molecule has 0 spiro atoms. The summed E-state index contributed by atoms with van der Waals surface area (Å²) in [5.74, 6) is -0.817. The minimum absolute atomic E-state index is 0.190. The lowest BCUT2D eigenvalue weighted by Gasteiger charge is -2.02. The van der Waals surface area contributed by atoms with Crippen LogP contribution in [0.3, 0.4) is 0 Å². The van der Waals surface area contributed by atoms with Gasteiger partial charge in [0.25, 0.3) is 0 Å². The maximum Gasteiger partial charge on any atom is 0.330 e. The molecule has 2 aromatic rings. The molecular weight excluding hydrogens is 340 g/mol. The number of rotatable bonds is 10. The van der Waals surface area contributed by atoms with Gasteiger partial charge in [0.1, 0.15) is 0 Å². The zero-order chi connectivity index (χ0) is 19.3. The molecule has 2 rings (SSSR count). The lowest BCUT2D eigenvalue weighted by molar-refractivity contribution is -0.137. The maximum absolute atomic E-state index is 11.6. The van der Waals surface area contributed by atoms with Crippen molar-refractivity contribution >= 4 is 18.1 Å². The first kappa shape index (κ1) is 20.3. The highest BCUT2D eigenvalue weighted by Gasteiger charge is 2.00. The van der Waals surface area contributed by atoms with Gasteiger partial charge in [-0.2, -0.15) is 0 Å². The van der Waals surface area contributed by atoms with Crippen molar-refractivity contribution in [2.45, 2.75) is 32.1 Å². The van der Waals surface area contributed by atoms with Gasteiger partial charge in [-0.05, 0) is 48.6 Å². The molecule has 0 aliphatic heterocycles. The molecule has 0 heterocycles. The van der Waals surface area contributed by atoms with Gasteiger partial charge < -0.3 is 14.9 Å². The summed E-state index contributed by atoms with van der Waals surface area (Å²) in [6.07, 6.45) is 12.4. The van der Waals surface area contributed by atoms with E-state index in [2.05, 4.69) is 24.3 Å². The van der Waals surface area contributed by atoms with Gasteiger partial charge in [0.15, 0.2) is 11.5 Å². The zero-order valence-electron chi connectivity index (χ0n) is 15.4. The summed E-state index contributed by atoms with van der Waals surface area (Å²) in [5, 5.41) is 18.6. The molecule has 0 aliphatic rings. The minimum Gasteiger partial charge on any atom is -0.504 e. The molecule has 0 saturated carbocycles. The number of benzene rings is 2. The molecule has 0 radical (unpaired) electrons. The van der Waals surface area contributed by atoms with Gasteiger partial charge in [0.2, 0.25) is 0 Å². The van der Waals surface area contributed by atoms with Crippen molar-refractivity contribution in [2.75, 3.05) is 6.61 Å². The number of carbonyl (C=O) groups excluding carboxylic acids is 1. The Morgan fingerprint density at radius 1 is 0.852 bits per heavy atom. The summed E-state index contributed by atoms with van der Waals surface area (Å²) in [6.45, 7) is 0.407. The minimum atomic E-state index is -0.409. The highest BCUT2D eigenvalue weighted by Crippen LogP contribution is 2.25. The molecule has 142 valence electrons. The van der Waals surface area contributed by atoms with Gasteiger partial charge in [0.05, 0.1) is 6.61 Å². The Labute approximate surface area is 160 Å². The molecule has 0 fully saturated rings. The van der Waals surface area contributed by atoms with E-state index in [4.69, 9.17) is 4.74 Å². The molecule has 0 unspecified atom stereocenters. The Bertz CT molecular complexity index is 763. The van der Waals surface area contributed by atoms with E-state index < -0.39 is 5.97 Å². The Hall–Kier alpha value is -3.01. The molecule has 4 heteroatoms. The van der Waals surface area contributed by atoms with Crippen molar-refractivity contribution in [1.82, 2.24) is 0 Å². The standard InChI is InChI=1S/C23H26O4/c24-21-15-13-20(18-22(21)25)14-16-23(26)27-17-9-4-2-1-3-6-10-19-11-7-5-8-12-19/h5-8,10-16,18,24-25H,1-4,9,17H2/b10-6+,16-14+. The van der Waals surface area contributed by atoms with Crippen LogP contribution in [-0.2, 0) is 9.53 Å². The van der Waals surface area contributed by atoms with Gasteiger partial charge in [-0.1, -0.05) is 61.4 Å².